The summed E-state index contributed by atoms with van der Waals surface area (Å²) in [5, 5.41) is 0. The normalized spacial score (nSPS) is 14.1. The van der Waals surface area contributed by atoms with Gasteiger partial charge in [-0.3, -0.25) is 9.63 Å². The van der Waals surface area contributed by atoms with E-state index in [0.29, 0.717) is 0 Å². The highest BCUT2D eigenvalue weighted by atomic mass is 16.6. The number of hydrogen-bond donors (Lipinski definition) is 1. The molecule has 3 nitrogen and oxygen atoms in total. The molecule has 0 aliphatic rings. The highest BCUT2D eigenvalue weighted by Gasteiger charge is 2.32. The Morgan fingerprint density at radius 1 is 1.35 bits per heavy atom. The summed E-state index contributed by atoms with van der Waals surface area (Å²) in [6.45, 7) is 4.07. The van der Waals surface area contributed by atoms with Gasteiger partial charge in [-0.2, -0.15) is 0 Å². The minimum Gasteiger partial charge on any atom is -0.277 e. The molecule has 1 N–H and O–H groups in total. The fourth-order valence-corrected chi connectivity index (χ4v) is 2.10. The van der Waals surface area contributed by atoms with Gasteiger partial charge in [-0.05, 0) is 18.4 Å². The van der Waals surface area contributed by atoms with E-state index in [-0.39, 0.29) is 5.91 Å². The lowest BCUT2D eigenvalue weighted by atomic mass is 9.79. The molecule has 0 radical (unpaired) electrons. The van der Waals surface area contributed by atoms with Crippen LogP contribution in [0.5, 0.6) is 0 Å². The average molecular weight is 235 g/mol. The van der Waals surface area contributed by atoms with Crippen molar-refractivity contribution < 1.29 is 9.63 Å². The van der Waals surface area contributed by atoms with Gasteiger partial charge >= 0.3 is 0 Å². The van der Waals surface area contributed by atoms with Crippen LogP contribution in [-0.4, -0.2) is 13.0 Å². The topological polar surface area (TPSA) is 38.3 Å². The van der Waals surface area contributed by atoms with Crippen molar-refractivity contribution in [3.63, 3.8) is 0 Å². The second-order valence-corrected chi connectivity index (χ2v) is 4.61. The van der Waals surface area contributed by atoms with Crippen LogP contribution in [0.15, 0.2) is 30.3 Å². The molecule has 1 amide bonds. The molecular weight excluding hydrogens is 214 g/mol. The van der Waals surface area contributed by atoms with Gasteiger partial charge in [0.15, 0.2) is 0 Å². The molecule has 1 aromatic rings. The number of hydroxylamine groups is 1. The first-order valence-corrected chi connectivity index (χ1v) is 5.99. The first-order valence-electron chi connectivity index (χ1n) is 5.99. The Labute approximate surface area is 103 Å². The second-order valence-electron chi connectivity index (χ2n) is 4.61. The molecule has 0 aliphatic carbocycles. The number of carbonyl (C=O) groups excluding carboxylic acids is 1. The lowest BCUT2D eigenvalue weighted by Gasteiger charge is -2.27. The van der Waals surface area contributed by atoms with Crippen molar-refractivity contribution >= 4 is 5.91 Å². The molecule has 0 saturated carbocycles. The number of rotatable bonds is 6. The van der Waals surface area contributed by atoms with Gasteiger partial charge in [0.25, 0.3) is 0 Å². The van der Waals surface area contributed by atoms with Crippen LogP contribution in [0.3, 0.4) is 0 Å². The molecule has 3 heteroatoms. The zero-order valence-electron chi connectivity index (χ0n) is 10.8. The fourth-order valence-electron chi connectivity index (χ4n) is 2.10. The summed E-state index contributed by atoms with van der Waals surface area (Å²) in [5.41, 5.74) is 3.22. The van der Waals surface area contributed by atoms with Crippen molar-refractivity contribution in [2.24, 2.45) is 5.41 Å². The number of amides is 1. The summed E-state index contributed by atoms with van der Waals surface area (Å²) in [6, 6.07) is 10.1. The van der Waals surface area contributed by atoms with Crippen LogP contribution >= 0.6 is 0 Å². The molecule has 0 heterocycles. The summed E-state index contributed by atoms with van der Waals surface area (Å²) in [5.74, 6) is -0.0503. The van der Waals surface area contributed by atoms with Crippen LogP contribution in [0, 0.1) is 5.41 Å². The Bertz CT molecular complexity index is 350. The first kappa shape index (κ1) is 13.7. The smallest absolute Gasteiger partial charge is 0.249 e. The van der Waals surface area contributed by atoms with Crippen LogP contribution < -0.4 is 5.48 Å². The number of hydrogen-bond acceptors (Lipinski definition) is 2. The first-order chi connectivity index (χ1) is 8.12. The number of nitrogens with one attached hydrogen (secondary N) is 1. The van der Waals surface area contributed by atoms with Crippen LogP contribution in [0.4, 0.5) is 0 Å². The van der Waals surface area contributed by atoms with Gasteiger partial charge in [0, 0.05) is 0 Å². The summed E-state index contributed by atoms with van der Waals surface area (Å²) in [7, 11) is 1.47. The van der Waals surface area contributed by atoms with Crippen molar-refractivity contribution in [2.45, 2.75) is 33.1 Å². The lowest BCUT2D eigenvalue weighted by Crippen LogP contribution is -2.39. The van der Waals surface area contributed by atoms with E-state index in [4.69, 9.17) is 4.84 Å². The zero-order chi connectivity index (χ0) is 12.7. The molecule has 0 fully saturated rings. The molecule has 94 valence electrons. The van der Waals surface area contributed by atoms with Crippen molar-refractivity contribution in [2.75, 3.05) is 7.11 Å². The van der Waals surface area contributed by atoms with Gasteiger partial charge in [0.05, 0.1) is 12.5 Å². The standard InChI is InChI=1S/C14H21NO2/c1-4-10-14(2,13(16)15-17-3)11-12-8-6-5-7-9-12/h5-9H,4,10-11H2,1-3H3,(H,15,16). The van der Waals surface area contributed by atoms with Crippen molar-refractivity contribution in [1.82, 2.24) is 5.48 Å². The maximum absolute atomic E-state index is 12.0. The second kappa shape index (κ2) is 6.40. The van der Waals surface area contributed by atoms with E-state index in [9.17, 15) is 4.79 Å². The minimum atomic E-state index is -0.411. The number of benzene rings is 1. The van der Waals surface area contributed by atoms with E-state index >= 15 is 0 Å². The zero-order valence-corrected chi connectivity index (χ0v) is 10.8. The average Bonchev–Trinajstić information content (AvgIpc) is 2.31. The minimum absolute atomic E-state index is 0.0503. The number of carbonyl (C=O) groups is 1. The summed E-state index contributed by atoms with van der Waals surface area (Å²) in [6.07, 6.45) is 2.55. The Morgan fingerprint density at radius 2 is 2.00 bits per heavy atom. The summed E-state index contributed by atoms with van der Waals surface area (Å²) in [4.78, 5) is 16.8. The Hall–Kier alpha value is -1.35. The van der Waals surface area contributed by atoms with E-state index in [1.807, 2.05) is 37.3 Å². The van der Waals surface area contributed by atoms with E-state index < -0.39 is 5.41 Å². The van der Waals surface area contributed by atoms with Gasteiger partial charge in [0.2, 0.25) is 5.91 Å². The van der Waals surface area contributed by atoms with Crippen molar-refractivity contribution in [3.8, 4) is 0 Å². The predicted molar refractivity (Wildman–Crippen MR) is 68.3 cm³/mol. The van der Waals surface area contributed by atoms with E-state index in [2.05, 4.69) is 12.4 Å². The molecule has 0 bridgehead atoms. The molecule has 1 unspecified atom stereocenters. The van der Waals surface area contributed by atoms with Gasteiger partial charge in [-0.15, -0.1) is 0 Å². The van der Waals surface area contributed by atoms with Crippen LogP contribution in [-0.2, 0) is 16.1 Å². The van der Waals surface area contributed by atoms with Gasteiger partial charge in [-0.1, -0.05) is 50.6 Å². The molecule has 17 heavy (non-hydrogen) atoms. The SMILES string of the molecule is CCCC(C)(Cc1ccccc1)C(=O)NOC. The van der Waals surface area contributed by atoms with Crippen LogP contribution in [0.25, 0.3) is 0 Å². The molecule has 1 atom stereocenters. The largest absolute Gasteiger partial charge is 0.277 e. The van der Waals surface area contributed by atoms with Gasteiger partial charge in [-0.25, -0.2) is 5.48 Å². The monoisotopic (exact) mass is 235 g/mol. The molecule has 1 aromatic carbocycles. The van der Waals surface area contributed by atoms with Crippen LogP contribution in [0.1, 0.15) is 32.3 Å². The summed E-state index contributed by atoms with van der Waals surface area (Å²) >= 11 is 0. The quantitative estimate of drug-likeness (QED) is 0.770. The highest BCUT2D eigenvalue weighted by Crippen LogP contribution is 2.28. The highest BCUT2D eigenvalue weighted by molar-refractivity contribution is 5.81. The maximum Gasteiger partial charge on any atom is 0.249 e. The van der Waals surface area contributed by atoms with E-state index in [1.54, 1.807) is 0 Å². The van der Waals surface area contributed by atoms with Crippen molar-refractivity contribution in [1.29, 1.82) is 0 Å². The fraction of sp³-hybridized carbons (Fsp3) is 0.500. The molecule has 0 aromatic heterocycles. The lowest BCUT2D eigenvalue weighted by molar-refractivity contribution is -0.141. The Kier molecular flexibility index (Phi) is 5.16. The molecule has 0 saturated heterocycles. The van der Waals surface area contributed by atoms with Crippen molar-refractivity contribution in [3.05, 3.63) is 35.9 Å². The Morgan fingerprint density at radius 3 is 2.53 bits per heavy atom. The Balaban J connectivity index is 2.81. The third kappa shape index (κ3) is 3.86. The molecular formula is C14H21NO2. The third-order valence-corrected chi connectivity index (χ3v) is 2.98. The molecule has 0 spiro atoms. The predicted octanol–water partition coefficient (Wildman–Crippen LogP) is 2.71. The molecule has 1 rings (SSSR count). The maximum atomic E-state index is 12.0. The molecule has 0 aliphatic heterocycles. The third-order valence-electron chi connectivity index (χ3n) is 2.98. The van der Waals surface area contributed by atoms with E-state index in [1.165, 1.54) is 12.7 Å². The van der Waals surface area contributed by atoms with Gasteiger partial charge in [0.1, 0.15) is 0 Å². The van der Waals surface area contributed by atoms with Crippen LogP contribution in [0.2, 0.25) is 0 Å². The summed E-state index contributed by atoms with van der Waals surface area (Å²) < 4.78 is 0. The van der Waals surface area contributed by atoms with E-state index in [0.717, 1.165) is 19.3 Å². The van der Waals surface area contributed by atoms with Gasteiger partial charge < -0.3 is 0 Å².